The molecule has 0 atom stereocenters. The molecule has 0 aliphatic carbocycles. The quantitative estimate of drug-likeness (QED) is 0.431. The van der Waals surface area contributed by atoms with E-state index in [2.05, 4.69) is 33.8 Å². The van der Waals surface area contributed by atoms with E-state index in [4.69, 9.17) is 0 Å². The molecule has 0 spiro atoms. The first-order valence-corrected chi connectivity index (χ1v) is 8.16. The minimum absolute atomic E-state index is 0.191. The van der Waals surface area contributed by atoms with Gasteiger partial charge in [0.1, 0.15) is 0 Å². The van der Waals surface area contributed by atoms with Gasteiger partial charge >= 0.3 is 0 Å². The number of fused-ring (bicyclic) bond motifs is 1. The van der Waals surface area contributed by atoms with Crippen LogP contribution >= 0.6 is 11.3 Å². The number of hydrogen-bond donors (Lipinski definition) is 1. The zero-order valence-electron chi connectivity index (χ0n) is 12.8. The van der Waals surface area contributed by atoms with E-state index in [-0.39, 0.29) is 5.91 Å². The molecule has 23 heavy (non-hydrogen) atoms. The largest absolute Gasteiger partial charge is 0.340 e. The monoisotopic (exact) mass is 323 g/mol. The standard InChI is InChI=1S/C18H17N3OS/c1-3-10-21-13(2)15(14-7-4-5-8-16(14)21)12-19-20-18(22)17-9-6-11-23-17/h3-9,11-12H,1,10H2,2H3,(H,20,22)/b19-12-. The number of nitrogens with zero attached hydrogens (tertiary/aromatic N) is 2. The van der Waals surface area contributed by atoms with Gasteiger partial charge in [-0.15, -0.1) is 17.9 Å². The Hall–Kier alpha value is -2.66. The molecule has 2 aromatic heterocycles. The predicted molar refractivity (Wildman–Crippen MR) is 96.3 cm³/mol. The van der Waals surface area contributed by atoms with Crippen LogP contribution in [-0.4, -0.2) is 16.7 Å². The second-order valence-corrected chi connectivity index (χ2v) is 6.04. The molecule has 116 valence electrons. The molecule has 0 saturated heterocycles. The van der Waals surface area contributed by atoms with Gasteiger partial charge in [-0.25, -0.2) is 5.43 Å². The zero-order chi connectivity index (χ0) is 16.2. The maximum atomic E-state index is 11.9. The van der Waals surface area contributed by atoms with Crippen LogP contribution in [0.4, 0.5) is 0 Å². The van der Waals surface area contributed by atoms with Crippen molar-refractivity contribution in [3.63, 3.8) is 0 Å². The van der Waals surface area contributed by atoms with Crippen molar-refractivity contribution in [2.45, 2.75) is 13.5 Å². The van der Waals surface area contributed by atoms with E-state index in [9.17, 15) is 4.79 Å². The summed E-state index contributed by atoms with van der Waals surface area (Å²) in [5.74, 6) is -0.191. The smallest absolute Gasteiger partial charge is 0.281 e. The van der Waals surface area contributed by atoms with Crippen LogP contribution in [0.5, 0.6) is 0 Å². The predicted octanol–water partition coefficient (Wildman–Crippen LogP) is 3.96. The van der Waals surface area contributed by atoms with Crippen LogP contribution in [0.1, 0.15) is 20.9 Å². The molecule has 5 heteroatoms. The van der Waals surface area contributed by atoms with Crippen LogP contribution in [-0.2, 0) is 6.54 Å². The topological polar surface area (TPSA) is 46.4 Å². The minimum Gasteiger partial charge on any atom is -0.340 e. The van der Waals surface area contributed by atoms with Crippen LogP contribution < -0.4 is 5.43 Å². The van der Waals surface area contributed by atoms with Crippen molar-refractivity contribution in [1.29, 1.82) is 0 Å². The van der Waals surface area contributed by atoms with Crippen LogP contribution in [0, 0.1) is 6.92 Å². The maximum Gasteiger partial charge on any atom is 0.281 e. The van der Waals surface area contributed by atoms with Gasteiger partial charge in [-0.1, -0.05) is 30.3 Å². The number of nitrogens with one attached hydrogen (secondary N) is 1. The first-order valence-electron chi connectivity index (χ1n) is 7.28. The Labute approximate surface area is 138 Å². The molecule has 0 saturated carbocycles. The number of hydrogen-bond acceptors (Lipinski definition) is 3. The number of amides is 1. The fourth-order valence-corrected chi connectivity index (χ4v) is 3.22. The van der Waals surface area contributed by atoms with Gasteiger partial charge in [-0.05, 0) is 24.4 Å². The van der Waals surface area contributed by atoms with Crippen LogP contribution in [0.3, 0.4) is 0 Å². The van der Waals surface area contributed by atoms with Crippen molar-refractivity contribution >= 4 is 34.4 Å². The van der Waals surface area contributed by atoms with E-state index in [1.165, 1.54) is 11.3 Å². The average Bonchev–Trinajstić information content (AvgIpc) is 3.18. The maximum absolute atomic E-state index is 11.9. The van der Waals surface area contributed by atoms with Crippen molar-refractivity contribution in [3.05, 3.63) is 70.6 Å². The molecule has 1 aromatic carbocycles. The van der Waals surface area contributed by atoms with Crippen molar-refractivity contribution in [1.82, 2.24) is 9.99 Å². The summed E-state index contributed by atoms with van der Waals surface area (Å²) in [5.41, 5.74) is 5.82. The Kier molecular flexibility index (Phi) is 4.39. The van der Waals surface area contributed by atoms with E-state index < -0.39 is 0 Å². The molecular weight excluding hydrogens is 306 g/mol. The molecule has 4 nitrogen and oxygen atoms in total. The molecule has 3 rings (SSSR count). The third kappa shape index (κ3) is 2.96. The van der Waals surface area contributed by atoms with Gasteiger partial charge in [0.25, 0.3) is 5.91 Å². The van der Waals surface area contributed by atoms with Gasteiger partial charge in [0, 0.05) is 28.7 Å². The highest BCUT2D eigenvalue weighted by Gasteiger charge is 2.11. The van der Waals surface area contributed by atoms with Crippen molar-refractivity contribution in [2.24, 2.45) is 5.10 Å². The molecule has 0 aliphatic heterocycles. The highest BCUT2D eigenvalue weighted by Crippen LogP contribution is 2.24. The molecular formula is C18H17N3OS. The van der Waals surface area contributed by atoms with Crippen molar-refractivity contribution < 1.29 is 4.79 Å². The molecule has 1 N–H and O–H groups in total. The summed E-state index contributed by atoms with van der Waals surface area (Å²) >= 11 is 1.39. The van der Waals surface area contributed by atoms with Gasteiger partial charge in [-0.3, -0.25) is 4.79 Å². The molecule has 3 aromatic rings. The number of benzene rings is 1. The minimum atomic E-state index is -0.191. The SMILES string of the molecule is C=CCn1c(C)c(/C=N\NC(=O)c2cccs2)c2ccccc21. The third-order valence-electron chi connectivity index (χ3n) is 3.70. The van der Waals surface area contributed by atoms with Gasteiger partial charge in [0.2, 0.25) is 0 Å². The summed E-state index contributed by atoms with van der Waals surface area (Å²) < 4.78 is 2.19. The number of carbonyl (C=O) groups excluding carboxylic acids is 1. The first-order chi connectivity index (χ1) is 11.2. The van der Waals surface area contributed by atoms with E-state index in [0.29, 0.717) is 4.88 Å². The number of rotatable bonds is 5. The van der Waals surface area contributed by atoms with Crippen LogP contribution in [0.25, 0.3) is 10.9 Å². The van der Waals surface area contributed by atoms with Crippen LogP contribution in [0.15, 0.2) is 59.5 Å². The number of thiophene rings is 1. The fourth-order valence-electron chi connectivity index (χ4n) is 2.60. The Morgan fingerprint density at radius 1 is 1.35 bits per heavy atom. The molecule has 1 amide bonds. The lowest BCUT2D eigenvalue weighted by atomic mass is 10.1. The summed E-state index contributed by atoms with van der Waals surface area (Å²) in [4.78, 5) is 12.6. The second-order valence-electron chi connectivity index (χ2n) is 5.09. The highest BCUT2D eigenvalue weighted by molar-refractivity contribution is 7.12. The third-order valence-corrected chi connectivity index (χ3v) is 4.56. The van der Waals surface area contributed by atoms with Gasteiger partial charge < -0.3 is 4.57 Å². The summed E-state index contributed by atoms with van der Waals surface area (Å²) in [6.07, 6.45) is 3.59. The summed E-state index contributed by atoms with van der Waals surface area (Å²) in [6, 6.07) is 11.8. The Morgan fingerprint density at radius 2 is 2.17 bits per heavy atom. The highest BCUT2D eigenvalue weighted by atomic mass is 32.1. The molecule has 0 aliphatic rings. The number of carbonyl (C=O) groups is 1. The number of hydrazone groups is 1. The normalized spacial score (nSPS) is 11.2. The average molecular weight is 323 g/mol. The Morgan fingerprint density at radius 3 is 2.91 bits per heavy atom. The molecule has 0 bridgehead atoms. The van der Waals surface area contributed by atoms with E-state index >= 15 is 0 Å². The fraction of sp³-hybridized carbons (Fsp3) is 0.111. The Bertz CT molecular complexity index is 875. The van der Waals surface area contributed by atoms with Crippen molar-refractivity contribution in [2.75, 3.05) is 0 Å². The number of para-hydroxylation sites is 1. The lowest BCUT2D eigenvalue weighted by Gasteiger charge is -2.03. The van der Waals surface area contributed by atoms with E-state index in [0.717, 1.165) is 28.7 Å². The molecule has 0 radical (unpaired) electrons. The van der Waals surface area contributed by atoms with Gasteiger partial charge in [0.05, 0.1) is 11.1 Å². The molecule has 2 heterocycles. The summed E-state index contributed by atoms with van der Waals surface area (Å²) in [6.45, 7) is 6.60. The van der Waals surface area contributed by atoms with Gasteiger partial charge in [0.15, 0.2) is 0 Å². The number of aromatic nitrogens is 1. The Balaban J connectivity index is 1.90. The molecule has 0 unspecified atom stereocenters. The second kappa shape index (κ2) is 6.62. The van der Waals surface area contributed by atoms with Crippen LogP contribution in [0.2, 0.25) is 0 Å². The summed E-state index contributed by atoms with van der Waals surface area (Å²) in [7, 11) is 0. The lowest BCUT2D eigenvalue weighted by Crippen LogP contribution is -2.16. The first kappa shape index (κ1) is 15.2. The summed E-state index contributed by atoms with van der Waals surface area (Å²) in [5, 5.41) is 7.10. The van der Waals surface area contributed by atoms with E-state index in [1.54, 1.807) is 12.3 Å². The van der Waals surface area contributed by atoms with Gasteiger partial charge in [-0.2, -0.15) is 5.10 Å². The lowest BCUT2D eigenvalue weighted by molar-refractivity contribution is 0.0959. The molecule has 0 fully saturated rings. The number of allylic oxidation sites excluding steroid dienone is 1. The van der Waals surface area contributed by atoms with E-state index in [1.807, 2.05) is 36.6 Å². The van der Waals surface area contributed by atoms with Crippen molar-refractivity contribution in [3.8, 4) is 0 Å². The zero-order valence-corrected chi connectivity index (χ0v) is 13.6.